The van der Waals surface area contributed by atoms with E-state index in [9.17, 15) is 4.79 Å². The van der Waals surface area contributed by atoms with Gasteiger partial charge in [0.25, 0.3) is 0 Å². The van der Waals surface area contributed by atoms with Gasteiger partial charge in [0.1, 0.15) is 24.4 Å². The van der Waals surface area contributed by atoms with Crippen molar-refractivity contribution >= 4 is 51.7 Å². The number of morpholine rings is 1. The standard InChI is InChI=1S/C24H26Cl2N4O5/c1-24(2,3)35-23(31)30-7-8-33-12-21(30)34-20-11-18-15(10-19(20)32-4)22(28-13-27-18)29-14-5-6-16(25)17(26)9-14/h5-6,9-11,13,21H,7-8,12H2,1-4H3,(H,27,28,29). The van der Waals surface area contributed by atoms with Crippen LogP contribution in [0.15, 0.2) is 36.7 Å². The maximum atomic E-state index is 12.7. The predicted molar refractivity (Wildman–Crippen MR) is 134 cm³/mol. The third-order valence-corrected chi connectivity index (χ3v) is 5.82. The highest BCUT2D eigenvalue weighted by molar-refractivity contribution is 6.42. The number of nitrogens with zero attached hydrogens (tertiary/aromatic N) is 3. The first-order valence-corrected chi connectivity index (χ1v) is 11.7. The summed E-state index contributed by atoms with van der Waals surface area (Å²) in [4.78, 5) is 23.0. The number of hydrogen-bond donors (Lipinski definition) is 1. The van der Waals surface area contributed by atoms with Crippen molar-refractivity contribution in [2.75, 3.05) is 32.2 Å². The van der Waals surface area contributed by atoms with E-state index in [4.69, 9.17) is 42.1 Å². The molecule has 1 amide bonds. The van der Waals surface area contributed by atoms with Gasteiger partial charge < -0.3 is 24.3 Å². The molecule has 35 heavy (non-hydrogen) atoms. The number of benzene rings is 2. The van der Waals surface area contributed by atoms with Crippen LogP contribution < -0.4 is 14.8 Å². The summed E-state index contributed by atoms with van der Waals surface area (Å²) in [6.07, 6.45) is 0.274. The summed E-state index contributed by atoms with van der Waals surface area (Å²) in [5.74, 6) is 1.40. The van der Waals surface area contributed by atoms with Crippen molar-refractivity contribution in [2.24, 2.45) is 0 Å². The van der Waals surface area contributed by atoms with Crippen molar-refractivity contribution in [3.05, 3.63) is 46.7 Å². The molecule has 2 heterocycles. The Hall–Kier alpha value is -3.01. The SMILES string of the molecule is COc1cc2c(Nc3ccc(Cl)c(Cl)c3)ncnc2cc1OC1COCCN1C(=O)OC(C)(C)C. The number of fused-ring (bicyclic) bond motifs is 1. The average molecular weight is 521 g/mol. The lowest BCUT2D eigenvalue weighted by atomic mass is 10.2. The van der Waals surface area contributed by atoms with Gasteiger partial charge in [-0.3, -0.25) is 4.90 Å². The topological polar surface area (TPSA) is 95.0 Å². The van der Waals surface area contributed by atoms with E-state index in [2.05, 4.69) is 15.3 Å². The largest absolute Gasteiger partial charge is 0.493 e. The summed E-state index contributed by atoms with van der Waals surface area (Å²) < 4.78 is 22.9. The van der Waals surface area contributed by atoms with Gasteiger partial charge in [0.2, 0.25) is 6.23 Å². The lowest BCUT2D eigenvalue weighted by molar-refractivity contribution is -0.0928. The quantitative estimate of drug-likeness (QED) is 0.460. The Morgan fingerprint density at radius 1 is 1.14 bits per heavy atom. The van der Waals surface area contributed by atoms with Crippen molar-refractivity contribution in [3.8, 4) is 11.5 Å². The van der Waals surface area contributed by atoms with Gasteiger partial charge in [-0.1, -0.05) is 23.2 Å². The number of methoxy groups -OCH3 is 1. The van der Waals surface area contributed by atoms with Crippen molar-refractivity contribution in [2.45, 2.75) is 32.6 Å². The number of rotatable bonds is 5. The Labute approximate surface area is 213 Å². The number of aromatic nitrogens is 2. The first-order valence-electron chi connectivity index (χ1n) is 10.9. The molecule has 0 saturated carbocycles. The Bertz CT molecular complexity index is 1230. The van der Waals surface area contributed by atoms with Crippen LogP contribution in [0.25, 0.3) is 10.9 Å². The van der Waals surface area contributed by atoms with E-state index in [1.165, 1.54) is 18.3 Å². The Kier molecular flexibility index (Phi) is 7.39. The van der Waals surface area contributed by atoms with Gasteiger partial charge >= 0.3 is 6.09 Å². The minimum atomic E-state index is -0.694. The maximum Gasteiger partial charge on any atom is 0.413 e. The molecule has 11 heteroatoms. The summed E-state index contributed by atoms with van der Waals surface area (Å²) >= 11 is 12.2. The number of hydrogen-bond acceptors (Lipinski definition) is 8. The van der Waals surface area contributed by atoms with E-state index in [-0.39, 0.29) is 6.61 Å². The van der Waals surface area contributed by atoms with E-state index in [1.54, 1.807) is 30.3 Å². The molecule has 9 nitrogen and oxygen atoms in total. The summed E-state index contributed by atoms with van der Waals surface area (Å²) in [5, 5.41) is 4.81. The van der Waals surface area contributed by atoms with Gasteiger partial charge in [-0.15, -0.1) is 0 Å². The molecule has 1 aliphatic heterocycles. The zero-order valence-electron chi connectivity index (χ0n) is 19.8. The highest BCUT2D eigenvalue weighted by atomic mass is 35.5. The molecule has 2 aromatic carbocycles. The van der Waals surface area contributed by atoms with Gasteiger partial charge in [-0.05, 0) is 45.0 Å². The molecule has 186 valence electrons. The van der Waals surface area contributed by atoms with Crippen molar-refractivity contribution < 1.29 is 23.7 Å². The average Bonchev–Trinajstić information content (AvgIpc) is 2.80. The summed E-state index contributed by atoms with van der Waals surface area (Å²) in [6.45, 7) is 6.37. The molecule has 3 aromatic rings. The highest BCUT2D eigenvalue weighted by Crippen LogP contribution is 2.36. The third-order valence-electron chi connectivity index (χ3n) is 5.08. The fourth-order valence-corrected chi connectivity index (χ4v) is 3.78. The normalized spacial score (nSPS) is 16.2. The van der Waals surface area contributed by atoms with Gasteiger partial charge in [0.15, 0.2) is 11.5 Å². The van der Waals surface area contributed by atoms with Crippen LogP contribution in [-0.2, 0) is 9.47 Å². The molecule has 1 fully saturated rings. The molecule has 1 aliphatic rings. The molecule has 1 saturated heterocycles. The fourth-order valence-electron chi connectivity index (χ4n) is 3.48. The number of ether oxygens (including phenoxy) is 4. The first-order chi connectivity index (χ1) is 16.6. The monoisotopic (exact) mass is 520 g/mol. The number of carbonyl (C=O) groups excluding carboxylic acids is 1. The summed E-state index contributed by atoms with van der Waals surface area (Å²) in [5.41, 5.74) is 0.694. The fraction of sp³-hybridized carbons (Fsp3) is 0.375. The van der Waals surface area contributed by atoms with Gasteiger partial charge in [-0.25, -0.2) is 14.8 Å². The van der Waals surface area contributed by atoms with Crippen molar-refractivity contribution in [1.82, 2.24) is 14.9 Å². The van der Waals surface area contributed by atoms with Crippen LogP contribution in [0, 0.1) is 0 Å². The van der Waals surface area contributed by atoms with Crippen LogP contribution in [0.4, 0.5) is 16.3 Å². The number of anilines is 2. The minimum absolute atomic E-state index is 0.189. The van der Waals surface area contributed by atoms with Crippen LogP contribution in [-0.4, -0.2) is 59.7 Å². The number of amides is 1. The Balaban J connectivity index is 1.63. The number of halogens is 2. The number of carbonyl (C=O) groups is 1. The molecule has 1 N–H and O–H groups in total. The Morgan fingerprint density at radius 2 is 1.94 bits per heavy atom. The second-order valence-corrected chi connectivity index (χ2v) is 9.63. The van der Waals surface area contributed by atoms with Gasteiger partial charge in [-0.2, -0.15) is 0 Å². The van der Waals surface area contributed by atoms with Crippen LogP contribution in [0.1, 0.15) is 20.8 Å². The third kappa shape index (κ3) is 5.98. The van der Waals surface area contributed by atoms with Crippen molar-refractivity contribution in [3.63, 3.8) is 0 Å². The lowest BCUT2D eigenvalue weighted by Gasteiger charge is -2.36. The van der Waals surface area contributed by atoms with Gasteiger partial charge in [0.05, 0.1) is 35.8 Å². The molecule has 0 aliphatic carbocycles. The van der Waals surface area contributed by atoms with Crippen LogP contribution in [0.3, 0.4) is 0 Å². The molecule has 0 spiro atoms. The summed E-state index contributed by atoms with van der Waals surface area (Å²) in [7, 11) is 1.53. The van der Waals surface area contributed by atoms with Crippen LogP contribution in [0.2, 0.25) is 10.0 Å². The summed E-state index contributed by atoms with van der Waals surface area (Å²) in [6, 6.07) is 8.71. The predicted octanol–water partition coefficient (Wildman–Crippen LogP) is 5.66. The molecular formula is C24H26Cl2N4O5. The van der Waals surface area contributed by atoms with Crippen LogP contribution >= 0.6 is 23.2 Å². The van der Waals surface area contributed by atoms with E-state index in [1.807, 2.05) is 20.8 Å². The molecular weight excluding hydrogens is 495 g/mol. The highest BCUT2D eigenvalue weighted by Gasteiger charge is 2.33. The minimum Gasteiger partial charge on any atom is -0.493 e. The molecule has 4 rings (SSSR count). The van der Waals surface area contributed by atoms with Crippen molar-refractivity contribution in [1.29, 1.82) is 0 Å². The number of nitrogens with one attached hydrogen (secondary N) is 1. The zero-order valence-corrected chi connectivity index (χ0v) is 21.3. The molecule has 0 radical (unpaired) electrons. The second kappa shape index (κ2) is 10.3. The molecule has 1 unspecified atom stereocenters. The molecule has 1 aromatic heterocycles. The lowest BCUT2D eigenvalue weighted by Crippen LogP contribution is -2.52. The zero-order chi connectivity index (χ0) is 25.2. The Morgan fingerprint density at radius 3 is 2.66 bits per heavy atom. The van der Waals surface area contributed by atoms with E-state index in [0.717, 1.165) is 0 Å². The maximum absolute atomic E-state index is 12.7. The second-order valence-electron chi connectivity index (χ2n) is 8.82. The smallest absolute Gasteiger partial charge is 0.413 e. The van der Waals surface area contributed by atoms with E-state index >= 15 is 0 Å². The molecule has 0 bridgehead atoms. The van der Waals surface area contributed by atoms with Crippen LogP contribution in [0.5, 0.6) is 11.5 Å². The first kappa shape index (κ1) is 25.1. The molecule has 1 atom stereocenters. The van der Waals surface area contributed by atoms with E-state index < -0.39 is 17.9 Å². The van der Waals surface area contributed by atoms with Gasteiger partial charge in [0, 0.05) is 17.1 Å². The van der Waals surface area contributed by atoms with E-state index in [0.29, 0.717) is 57.1 Å².